The standard InChI is InChI=1S/C8H9FN2O.ClH/c1-11(8(10)12)7-4-2-3-6(9)5-7;/h2-5H,1H3,(H2,10,12);1H. The van der Waals surface area contributed by atoms with Crippen LogP contribution in [0.3, 0.4) is 0 Å². The van der Waals surface area contributed by atoms with E-state index in [-0.39, 0.29) is 18.2 Å². The normalized spacial score (nSPS) is 8.77. The lowest BCUT2D eigenvalue weighted by Gasteiger charge is -2.13. The lowest BCUT2D eigenvalue weighted by molar-refractivity contribution is 0.255. The lowest BCUT2D eigenvalue weighted by Crippen LogP contribution is -2.31. The Bertz CT molecular complexity index is 306. The van der Waals surface area contributed by atoms with Crippen molar-refractivity contribution in [2.24, 2.45) is 5.73 Å². The summed E-state index contributed by atoms with van der Waals surface area (Å²) in [6.45, 7) is 0. The number of nitrogens with zero attached hydrogens (tertiary/aromatic N) is 1. The van der Waals surface area contributed by atoms with Gasteiger partial charge in [-0.2, -0.15) is 0 Å². The van der Waals surface area contributed by atoms with Crippen molar-refractivity contribution < 1.29 is 9.18 Å². The molecule has 13 heavy (non-hydrogen) atoms. The summed E-state index contributed by atoms with van der Waals surface area (Å²) in [4.78, 5) is 11.8. The van der Waals surface area contributed by atoms with Crippen molar-refractivity contribution in [2.45, 2.75) is 0 Å². The molecule has 0 saturated heterocycles. The summed E-state index contributed by atoms with van der Waals surface area (Å²) in [7, 11) is 1.48. The number of halogens is 2. The number of primary amides is 1. The van der Waals surface area contributed by atoms with Gasteiger partial charge >= 0.3 is 6.03 Å². The molecular weight excluding hydrogens is 195 g/mol. The fourth-order valence-corrected chi connectivity index (χ4v) is 0.812. The van der Waals surface area contributed by atoms with E-state index >= 15 is 0 Å². The minimum atomic E-state index is -0.611. The number of anilines is 1. The van der Waals surface area contributed by atoms with Crippen molar-refractivity contribution in [3.8, 4) is 0 Å². The smallest absolute Gasteiger partial charge is 0.318 e. The third-order valence-corrected chi connectivity index (χ3v) is 1.53. The predicted molar refractivity (Wildman–Crippen MR) is 51.6 cm³/mol. The van der Waals surface area contributed by atoms with E-state index in [1.807, 2.05) is 0 Å². The van der Waals surface area contributed by atoms with Crippen molar-refractivity contribution in [1.82, 2.24) is 0 Å². The molecule has 1 rings (SSSR count). The summed E-state index contributed by atoms with van der Waals surface area (Å²) in [5.74, 6) is -0.388. The zero-order valence-electron chi connectivity index (χ0n) is 7.03. The zero-order valence-corrected chi connectivity index (χ0v) is 7.84. The van der Waals surface area contributed by atoms with Gasteiger partial charge in [0.15, 0.2) is 0 Å². The van der Waals surface area contributed by atoms with Crippen molar-refractivity contribution in [3.63, 3.8) is 0 Å². The number of hydrogen-bond donors (Lipinski definition) is 1. The Morgan fingerprint density at radius 3 is 2.62 bits per heavy atom. The van der Waals surface area contributed by atoms with E-state index in [4.69, 9.17) is 5.73 Å². The van der Waals surface area contributed by atoms with Crippen LogP contribution >= 0.6 is 12.4 Å². The molecule has 72 valence electrons. The lowest BCUT2D eigenvalue weighted by atomic mass is 10.3. The summed E-state index contributed by atoms with van der Waals surface area (Å²) in [6.07, 6.45) is 0. The number of hydrogen-bond acceptors (Lipinski definition) is 1. The van der Waals surface area contributed by atoms with E-state index in [0.717, 1.165) is 0 Å². The van der Waals surface area contributed by atoms with E-state index in [1.165, 1.54) is 30.1 Å². The van der Waals surface area contributed by atoms with E-state index in [0.29, 0.717) is 5.69 Å². The van der Waals surface area contributed by atoms with Crippen LogP contribution in [0.4, 0.5) is 14.9 Å². The number of nitrogens with two attached hydrogens (primary N) is 1. The predicted octanol–water partition coefficient (Wildman–Crippen LogP) is 1.76. The molecule has 0 bridgehead atoms. The van der Waals surface area contributed by atoms with Gasteiger partial charge < -0.3 is 5.73 Å². The van der Waals surface area contributed by atoms with Crippen LogP contribution in [0.2, 0.25) is 0 Å². The van der Waals surface area contributed by atoms with Crippen LogP contribution in [0.1, 0.15) is 0 Å². The van der Waals surface area contributed by atoms with Gasteiger partial charge in [0, 0.05) is 12.7 Å². The van der Waals surface area contributed by atoms with Gasteiger partial charge in [-0.15, -0.1) is 12.4 Å². The topological polar surface area (TPSA) is 46.3 Å². The molecule has 0 spiro atoms. The van der Waals surface area contributed by atoms with Gasteiger partial charge in [-0.25, -0.2) is 9.18 Å². The summed E-state index contributed by atoms with van der Waals surface area (Å²) in [5.41, 5.74) is 5.43. The molecule has 0 atom stereocenters. The van der Waals surface area contributed by atoms with E-state index in [1.54, 1.807) is 6.07 Å². The highest BCUT2D eigenvalue weighted by Crippen LogP contribution is 2.12. The molecule has 0 saturated carbocycles. The summed E-state index contributed by atoms with van der Waals surface area (Å²) in [6, 6.07) is 5.06. The molecule has 0 aliphatic carbocycles. The fourth-order valence-electron chi connectivity index (χ4n) is 0.812. The van der Waals surface area contributed by atoms with E-state index < -0.39 is 6.03 Å². The molecule has 3 nitrogen and oxygen atoms in total. The van der Waals surface area contributed by atoms with E-state index in [2.05, 4.69) is 0 Å². The van der Waals surface area contributed by atoms with Crippen molar-refractivity contribution >= 4 is 24.1 Å². The Kier molecular flexibility index (Phi) is 4.20. The molecule has 0 heterocycles. The maximum atomic E-state index is 12.6. The van der Waals surface area contributed by atoms with Crippen molar-refractivity contribution in [1.29, 1.82) is 0 Å². The van der Waals surface area contributed by atoms with E-state index in [9.17, 15) is 9.18 Å². The molecule has 0 unspecified atom stereocenters. The van der Waals surface area contributed by atoms with Gasteiger partial charge in [0.05, 0.1) is 0 Å². The number of benzene rings is 1. The first-order valence-corrected chi connectivity index (χ1v) is 3.40. The maximum absolute atomic E-state index is 12.6. The number of carbonyl (C=O) groups is 1. The Hall–Kier alpha value is -1.29. The SMILES string of the molecule is CN(C(N)=O)c1cccc(F)c1.Cl. The van der Waals surface area contributed by atoms with Crippen LogP contribution in [-0.2, 0) is 0 Å². The Morgan fingerprint density at radius 1 is 1.54 bits per heavy atom. The van der Waals surface area contributed by atoms with Gasteiger partial charge in [-0.05, 0) is 18.2 Å². The third kappa shape index (κ3) is 2.91. The number of amides is 2. The van der Waals surface area contributed by atoms with Crippen molar-refractivity contribution in [2.75, 3.05) is 11.9 Å². The highest BCUT2D eigenvalue weighted by atomic mass is 35.5. The highest BCUT2D eigenvalue weighted by molar-refractivity contribution is 5.89. The maximum Gasteiger partial charge on any atom is 0.318 e. The third-order valence-electron chi connectivity index (χ3n) is 1.53. The Morgan fingerprint density at radius 2 is 2.15 bits per heavy atom. The van der Waals surface area contributed by atoms with Crippen LogP contribution in [-0.4, -0.2) is 13.1 Å². The summed E-state index contributed by atoms with van der Waals surface area (Å²) in [5, 5.41) is 0. The molecule has 0 radical (unpaired) electrons. The Labute approximate surface area is 81.7 Å². The van der Waals surface area contributed by atoms with Crippen LogP contribution in [0.5, 0.6) is 0 Å². The number of rotatable bonds is 1. The molecular formula is C8H10ClFN2O. The zero-order chi connectivity index (χ0) is 9.14. The van der Waals surface area contributed by atoms with Crippen LogP contribution in [0, 0.1) is 5.82 Å². The Balaban J connectivity index is 0.00000144. The molecule has 1 aromatic carbocycles. The van der Waals surface area contributed by atoms with Crippen LogP contribution < -0.4 is 10.6 Å². The molecule has 5 heteroatoms. The average molecular weight is 205 g/mol. The largest absolute Gasteiger partial charge is 0.351 e. The molecule has 0 fully saturated rings. The van der Waals surface area contributed by atoms with Crippen LogP contribution in [0.15, 0.2) is 24.3 Å². The first-order chi connectivity index (χ1) is 5.61. The first-order valence-electron chi connectivity index (χ1n) is 3.40. The quantitative estimate of drug-likeness (QED) is 0.745. The first kappa shape index (κ1) is 11.7. The highest BCUT2D eigenvalue weighted by Gasteiger charge is 2.05. The molecule has 2 N–H and O–H groups in total. The summed E-state index contributed by atoms with van der Waals surface area (Å²) >= 11 is 0. The monoisotopic (exact) mass is 204 g/mol. The second-order valence-corrected chi connectivity index (χ2v) is 2.38. The average Bonchev–Trinajstić information content (AvgIpc) is 2.03. The minimum Gasteiger partial charge on any atom is -0.351 e. The summed E-state index contributed by atoms with van der Waals surface area (Å²) < 4.78 is 12.6. The second-order valence-electron chi connectivity index (χ2n) is 2.38. The van der Waals surface area contributed by atoms with Crippen LogP contribution in [0.25, 0.3) is 0 Å². The van der Waals surface area contributed by atoms with Crippen molar-refractivity contribution in [3.05, 3.63) is 30.1 Å². The molecule has 0 aromatic heterocycles. The number of carbonyl (C=O) groups excluding carboxylic acids is 1. The van der Waals surface area contributed by atoms with Gasteiger partial charge in [-0.1, -0.05) is 6.07 Å². The van der Waals surface area contributed by atoms with Gasteiger partial charge in [-0.3, -0.25) is 4.90 Å². The van der Waals surface area contributed by atoms with Gasteiger partial charge in [0.2, 0.25) is 0 Å². The molecule has 1 aromatic rings. The van der Waals surface area contributed by atoms with Gasteiger partial charge in [0.25, 0.3) is 0 Å². The molecule has 0 aliphatic heterocycles. The molecule has 0 aliphatic rings. The minimum absolute atomic E-state index is 0. The number of urea groups is 1. The second kappa shape index (κ2) is 4.67. The fraction of sp³-hybridized carbons (Fsp3) is 0.125. The molecule has 2 amide bonds. The van der Waals surface area contributed by atoms with Gasteiger partial charge in [0.1, 0.15) is 5.82 Å².